The standard InChI is InChI=1S/C13H17NO3/c1-10(2)14(12(15)8-13(16)17)9-11-6-4-3-5-7-11/h3-7,10H,8-9H2,1-2H3,(H,16,17). The van der Waals surface area contributed by atoms with E-state index >= 15 is 0 Å². The van der Waals surface area contributed by atoms with Crippen LogP contribution in [0.2, 0.25) is 0 Å². The van der Waals surface area contributed by atoms with Crippen LogP contribution in [0.1, 0.15) is 25.8 Å². The molecule has 1 rings (SSSR count). The fourth-order valence-corrected chi connectivity index (χ4v) is 1.57. The lowest BCUT2D eigenvalue weighted by Crippen LogP contribution is -2.37. The number of amides is 1. The van der Waals surface area contributed by atoms with Crippen LogP contribution in [0.4, 0.5) is 0 Å². The number of carbonyl (C=O) groups excluding carboxylic acids is 1. The lowest BCUT2D eigenvalue weighted by molar-refractivity contribution is -0.145. The minimum Gasteiger partial charge on any atom is -0.481 e. The van der Waals surface area contributed by atoms with Gasteiger partial charge in [0.2, 0.25) is 5.91 Å². The van der Waals surface area contributed by atoms with Crippen molar-refractivity contribution >= 4 is 11.9 Å². The molecule has 1 aromatic rings. The molecule has 0 aromatic heterocycles. The Balaban J connectivity index is 2.73. The Bertz CT molecular complexity index is 387. The van der Waals surface area contributed by atoms with E-state index in [4.69, 9.17) is 5.11 Å². The number of nitrogens with zero attached hydrogens (tertiary/aromatic N) is 1. The first kappa shape index (κ1) is 13.2. The van der Waals surface area contributed by atoms with Crippen molar-refractivity contribution in [1.82, 2.24) is 4.90 Å². The van der Waals surface area contributed by atoms with Crippen LogP contribution in [-0.4, -0.2) is 27.9 Å². The lowest BCUT2D eigenvalue weighted by Gasteiger charge is -2.26. The fourth-order valence-electron chi connectivity index (χ4n) is 1.57. The average Bonchev–Trinajstić information content (AvgIpc) is 2.25. The van der Waals surface area contributed by atoms with E-state index < -0.39 is 12.4 Å². The summed E-state index contributed by atoms with van der Waals surface area (Å²) in [5.41, 5.74) is 1.000. The lowest BCUT2D eigenvalue weighted by atomic mass is 10.2. The topological polar surface area (TPSA) is 57.6 Å². The normalized spacial score (nSPS) is 10.3. The largest absolute Gasteiger partial charge is 0.481 e. The molecule has 17 heavy (non-hydrogen) atoms. The highest BCUT2D eigenvalue weighted by molar-refractivity contribution is 5.93. The highest BCUT2D eigenvalue weighted by Gasteiger charge is 2.19. The maximum Gasteiger partial charge on any atom is 0.312 e. The van der Waals surface area contributed by atoms with Gasteiger partial charge in [0, 0.05) is 12.6 Å². The van der Waals surface area contributed by atoms with Crippen LogP contribution in [-0.2, 0) is 16.1 Å². The zero-order chi connectivity index (χ0) is 12.8. The number of hydrogen-bond donors (Lipinski definition) is 1. The molecule has 0 spiro atoms. The van der Waals surface area contributed by atoms with Gasteiger partial charge in [-0.2, -0.15) is 0 Å². The van der Waals surface area contributed by atoms with Crippen molar-refractivity contribution < 1.29 is 14.7 Å². The van der Waals surface area contributed by atoms with Gasteiger partial charge in [-0.3, -0.25) is 9.59 Å². The molecule has 0 fully saturated rings. The van der Waals surface area contributed by atoms with Gasteiger partial charge in [0.15, 0.2) is 0 Å². The van der Waals surface area contributed by atoms with Gasteiger partial charge in [-0.25, -0.2) is 0 Å². The number of carbonyl (C=O) groups is 2. The van der Waals surface area contributed by atoms with Crippen LogP contribution in [0.25, 0.3) is 0 Å². The summed E-state index contributed by atoms with van der Waals surface area (Å²) >= 11 is 0. The van der Waals surface area contributed by atoms with Crippen LogP contribution in [0, 0.1) is 0 Å². The molecule has 0 saturated heterocycles. The molecule has 4 nitrogen and oxygen atoms in total. The van der Waals surface area contributed by atoms with Crippen molar-refractivity contribution in [2.45, 2.75) is 32.9 Å². The fraction of sp³-hybridized carbons (Fsp3) is 0.385. The maximum absolute atomic E-state index is 11.7. The first-order valence-electron chi connectivity index (χ1n) is 5.56. The van der Waals surface area contributed by atoms with Crippen LogP contribution < -0.4 is 0 Å². The van der Waals surface area contributed by atoms with E-state index in [1.165, 1.54) is 0 Å². The Kier molecular flexibility index (Phi) is 4.69. The van der Waals surface area contributed by atoms with Gasteiger partial charge in [0.1, 0.15) is 6.42 Å². The highest BCUT2D eigenvalue weighted by atomic mass is 16.4. The van der Waals surface area contributed by atoms with Crippen molar-refractivity contribution in [1.29, 1.82) is 0 Å². The number of carboxylic acids is 1. The molecule has 0 saturated carbocycles. The van der Waals surface area contributed by atoms with Gasteiger partial charge in [0.25, 0.3) is 0 Å². The third-order valence-electron chi connectivity index (χ3n) is 2.44. The van der Waals surface area contributed by atoms with Crippen molar-refractivity contribution in [2.24, 2.45) is 0 Å². The summed E-state index contributed by atoms with van der Waals surface area (Å²) < 4.78 is 0. The Morgan fingerprint density at radius 3 is 2.29 bits per heavy atom. The summed E-state index contributed by atoms with van der Waals surface area (Å²) in [7, 11) is 0. The Morgan fingerprint density at radius 2 is 1.82 bits per heavy atom. The molecule has 0 atom stereocenters. The summed E-state index contributed by atoms with van der Waals surface area (Å²) in [5, 5.41) is 8.63. The molecule has 0 bridgehead atoms. The zero-order valence-corrected chi connectivity index (χ0v) is 10.1. The van der Waals surface area contributed by atoms with E-state index in [-0.39, 0.29) is 11.9 Å². The van der Waals surface area contributed by atoms with E-state index in [0.29, 0.717) is 6.54 Å². The first-order valence-corrected chi connectivity index (χ1v) is 5.56. The highest BCUT2D eigenvalue weighted by Crippen LogP contribution is 2.09. The summed E-state index contributed by atoms with van der Waals surface area (Å²) in [6.45, 7) is 4.20. The summed E-state index contributed by atoms with van der Waals surface area (Å²) in [6.07, 6.45) is -0.453. The molecule has 0 unspecified atom stereocenters. The van der Waals surface area contributed by atoms with E-state index in [0.717, 1.165) is 5.56 Å². The molecule has 0 radical (unpaired) electrons. The van der Waals surface area contributed by atoms with Gasteiger partial charge in [-0.05, 0) is 19.4 Å². The van der Waals surface area contributed by atoms with E-state index in [1.807, 2.05) is 44.2 Å². The van der Waals surface area contributed by atoms with Gasteiger partial charge in [0.05, 0.1) is 0 Å². The molecular weight excluding hydrogens is 218 g/mol. The molecule has 1 N–H and O–H groups in total. The first-order chi connectivity index (χ1) is 8.00. The maximum atomic E-state index is 11.7. The summed E-state index contributed by atoms with van der Waals surface area (Å²) in [4.78, 5) is 23.9. The van der Waals surface area contributed by atoms with Crippen LogP contribution in [0.5, 0.6) is 0 Å². The molecule has 0 heterocycles. The van der Waals surface area contributed by atoms with Crippen molar-refractivity contribution in [2.75, 3.05) is 0 Å². The third kappa shape index (κ3) is 4.26. The molecule has 92 valence electrons. The summed E-state index contributed by atoms with van der Waals surface area (Å²) in [5.74, 6) is -1.44. The predicted octanol–water partition coefficient (Wildman–Crippen LogP) is 1.90. The Hall–Kier alpha value is -1.84. The van der Waals surface area contributed by atoms with Gasteiger partial charge in [-0.1, -0.05) is 30.3 Å². The quantitative estimate of drug-likeness (QED) is 0.793. The van der Waals surface area contributed by atoms with Crippen molar-refractivity contribution in [3.63, 3.8) is 0 Å². The molecule has 4 heteroatoms. The van der Waals surface area contributed by atoms with E-state index in [9.17, 15) is 9.59 Å². The third-order valence-corrected chi connectivity index (χ3v) is 2.44. The second kappa shape index (κ2) is 6.03. The second-order valence-electron chi connectivity index (χ2n) is 4.17. The minimum atomic E-state index is -1.09. The van der Waals surface area contributed by atoms with Gasteiger partial charge < -0.3 is 10.0 Å². The molecule has 0 aliphatic rings. The zero-order valence-electron chi connectivity index (χ0n) is 10.1. The smallest absolute Gasteiger partial charge is 0.312 e. The number of hydrogen-bond acceptors (Lipinski definition) is 2. The Morgan fingerprint density at radius 1 is 1.24 bits per heavy atom. The number of rotatable bonds is 5. The number of aliphatic carboxylic acids is 1. The molecule has 0 aliphatic heterocycles. The Labute approximate surface area is 101 Å². The predicted molar refractivity (Wildman–Crippen MR) is 64.4 cm³/mol. The molecular formula is C13H17NO3. The van der Waals surface area contributed by atoms with Crippen LogP contribution in [0.3, 0.4) is 0 Å². The summed E-state index contributed by atoms with van der Waals surface area (Å²) in [6, 6.07) is 9.53. The van der Waals surface area contributed by atoms with Crippen molar-refractivity contribution in [3.05, 3.63) is 35.9 Å². The van der Waals surface area contributed by atoms with Crippen LogP contribution >= 0.6 is 0 Å². The SMILES string of the molecule is CC(C)N(Cc1ccccc1)C(=O)CC(=O)O. The van der Waals surface area contributed by atoms with Crippen LogP contribution in [0.15, 0.2) is 30.3 Å². The van der Waals surface area contributed by atoms with Gasteiger partial charge >= 0.3 is 5.97 Å². The number of carboxylic acid groups (broad SMARTS) is 1. The van der Waals surface area contributed by atoms with Gasteiger partial charge in [-0.15, -0.1) is 0 Å². The minimum absolute atomic E-state index is 0.0120. The molecule has 1 amide bonds. The number of benzene rings is 1. The van der Waals surface area contributed by atoms with Crippen molar-refractivity contribution in [3.8, 4) is 0 Å². The van der Waals surface area contributed by atoms with E-state index in [2.05, 4.69) is 0 Å². The van der Waals surface area contributed by atoms with E-state index in [1.54, 1.807) is 4.90 Å². The second-order valence-corrected chi connectivity index (χ2v) is 4.17. The monoisotopic (exact) mass is 235 g/mol. The average molecular weight is 235 g/mol. The molecule has 0 aliphatic carbocycles. The molecule has 1 aromatic carbocycles.